The van der Waals surface area contributed by atoms with Gasteiger partial charge in [0.15, 0.2) is 0 Å². The van der Waals surface area contributed by atoms with Gasteiger partial charge >= 0.3 is 0 Å². The first kappa shape index (κ1) is 14.3. The van der Waals surface area contributed by atoms with E-state index in [1.165, 1.54) is 0 Å². The van der Waals surface area contributed by atoms with Crippen molar-refractivity contribution in [2.75, 3.05) is 4.72 Å². The van der Waals surface area contributed by atoms with Gasteiger partial charge in [-0.1, -0.05) is 12.1 Å². The molecule has 0 fully saturated rings. The third-order valence-electron chi connectivity index (χ3n) is 3.26. The lowest BCUT2D eigenvalue weighted by Gasteiger charge is -2.09. The Bertz CT molecular complexity index is 878. The van der Waals surface area contributed by atoms with Gasteiger partial charge in [0.05, 0.1) is 17.1 Å². The van der Waals surface area contributed by atoms with Crippen molar-refractivity contribution < 1.29 is 8.42 Å². The number of anilines is 1. The molecule has 8 heteroatoms. The molecule has 0 radical (unpaired) electrons. The van der Waals surface area contributed by atoms with E-state index in [4.69, 9.17) is 0 Å². The monoisotopic (exact) mass is 317 g/mol. The Morgan fingerprint density at radius 2 is 1.95 bits per heavy atom. The lowest BCUT2D eigenvalue weighted by Crippen LogP contribution is -2.14. The molecule has 2 heterocycles. The van der Waals surface area contributed by atoms with Gasteiger partial charge < -0.3 is 0 Å². The van der Waals surface area contributed by atoms with Crippen molar-refractivity contribution in [1.82, 2.24) is 20.4 Å². The second kappa shape index (κ2) is 5.30. The minimum Gasteiger partial charge on any atom is -0.281 e. The van der Waals surface area contributed by atoms with Crippen LogP contribution in [0.15, 0.2) is 41.4 Å². The van der Waals surface area contributed by atoms with Gasteiger partial charge in [0.25, 0.3) is 10.0 Å². The number of nitrogens with zero attached hydrogens (tertiary/aromatic N) is 2. The zero-order chi connectivity index (χ0) is 15.7. The summed E-state index contributed by atoms with van der Waals surface area (Å²) in [6, 6.07) is 8.92. The Balaban J connectivity index is 1.95. The van der Waals surface area contributed by atoms with Gasteiger partial charge in [0.2, 0.25) is 0 Å². The highest BCUT2D eigenvalue weighted by Gasteiger charge is 2.22. The maximum Gasteiger partial charge on any atom is 0.265 e. The molecule has 0 saturated carbocycles. The number of aromatic amines is 2. The summed E-state index contributed by atoms with van der Waals surface area (Å²) in [4.78, 5) is 0.180. The van der Waals surface area contributed by atoms with Crippen LogP contribution >= 0.6 is 0 Å². The number of hydrogen-bond acceptors (Lipinski definition) is 4. The molecule has 0 aliphatic rings. The summed E-state index contributed by atoms with van der Waals surface area (Å²) in [6.07, 6.45) is 1.64. The topological polar surface area (TPSA) is 104 Å². The van der Waals surface area contributed by atoms with Crippen LogP contribution in [-0.4, -0.2) is 28.8 Å². The molecule has 114 valence electrons. The molecule has 7 nitrogen and oxygen atoms in total. The molecular weight excluding hydrogens is 302 g/mol. The van der Waals surface area contributed by atoms with Gasteiger partial charge in [-0.15, -0.1) is 0 Å². The molecule has 3 rings (SSSR count). The van der Waals surface area contributed by atoms with Gasteiger partial charge in [0.1, 0.15) is 4.90 Å². The smallest absolute Gasteiger partial charge is 0.265 e. The summed E-state index contributed by atoms with van der Waals surface area (Å²) >= 11 is 0. The Morgan fingerprint density at radius 3 is 2.59 bits per heavy atom. The van der Waals surface area contributed by atoms with Crippen molar-refractivity contribution in [2.24, 2.45) is 0 Å². The number of sulfonamides is 1. The lowest BCUT2D eigenvalue weighted by atomic mass is 10.1. The molecule has 0 bridgehead atoms. The summed E-state index contributed by atoms with van der Waals surface area (Å²) in [5.74, 6) is 0. The maximum atomic E-state index is 12.5. The summed E-state index contributed by atoms with van der Waals surface area (Å²) in [5.41, 5.74) is 3.09. The fourth-order valence-corrected chi connectivity index (χ4v) is 3.73. The maximum absolute atomic E-state index is 12.5. The van der Waals surface area contributed by atoms with Gasteiger partial charge in [-0.3, -0.25) is 14.9 Å². The predicted molar refractivity (Wildman–Crippen MR) is 82.9 cm³/mol. The fraction of sp³-hybridized carbons (Fsp3) is 0.143. The average molecular weight is 317 g/mol. The van der Waals surface area contributed by atoms with E-state index in [0.29, 0.717) is 17.1 Å². The first-order chi connectivity index (χ1) is 10.5. The van der Waals surface area contributed by atoms with E-state index in [-0.39, 0.29) is 4.90 Å². The molecule has 2 aromatic heterocycles. The predicted octanol–water partition coefficient (Wildman–Crippen LogP) is 2.22. The van der Waals surface area contributed by atoms with E-state index >= 15 is 0 Å². The minimum absolute atomic E-state index is 0.180. The van der Waals surface area contributed by atoms with E-state index in [9.17, 15) is 8.42 Å². The van der Waals surface area contributed by atoms with Crippen molar-refractivity contribution in [2.45, 2.75) is 18.7 Å². The number of hydrogen-bond donors (Lipinski definition) is 3. The van der Waals surface area contributed by atoms with Gasteiger partial charge in [0, 0.05) is 17.4 Å². The molecule has 0 aliphatic carbocycles. The highest BCUT2D eigenvalue weighted by molar-refractivity contribution is 7.92. The SMILES string of the molecule is Cc1n[nH]c(C)c1S(=O)(=O)Nc1cccc(-c2ccn[nH]2)c1. The zero-order valence-electron chi connectivity index (χ0n) is 12.1. The first-order valence-electron chi connectivity index (χ1n) is 6.61. The van der Waals surface area contributed by atoms with Gasteiger partial charge in [-0.25, -0.2) is 8.42 Å². The van der Waals surface area contributed by atoms with Crippen LogP contribution in [0.5, 0.6) is 0 Å². The Morgan fingerprint density at radius 1 is 1.14 bits per heavy atom. The average Bonchev–Trinajstić information content (AvgIpc) is 3.09. The summed E-state index contributed by atoms with van der Waals surface area (Å²) in [6.45, 7) is 3.33. The summed E-state index contributed by atoms with van der Waals surface area (Å²) < 4.78 is 27.6. The van der Waals surface area contributed by atoms with Crippen molar-refractivity contribution in [3.8, 4) is 11.3 Å². The number of H-pyrrole nitrogens is 2. The molecular formula is C14H15N5O2S. The normalized spacial score (nSPS) is 11.5. The molecule has 22 heavy (non-hydrogen) atoms. The number of rotatable bonds is 4. The second-order valence-electron chi connectivity index (χ2n) is 4.92. The van der Waals surface area contributed by atoms with Crippen LogP contribution in [0.1, 0.15) is 11.4 Å². The Kier molecular flexibility index (Phi) is 3.45. The van der Waals surface area contributed by atoms with E-state index < -0.39 is 10.0 Å². The van der Waals surface area contributed by atoms with Crippen molar-refractivity contribution in [3.05, 3.63) is 47.9 Å². The zero-order valence-corrected chi connectivity index (χ0v) is 12.9. The third kappa shape index (κ3) is 2.60. The quantitative estimate of drug-likeness (QED) is 0.686. The minimum atomic E-state index is -3.69. The second-order valence-corrected chi connectivity index (χ2v) is 6.54. The molecule has 0 amide bonds. The van der Waals surface area contributed by atoms with E-state index in [1.54, 1.807) is 38.2 Å². The van der Waals surface area contributed by atoms with E-state index in [0.717, 1.165) is 11.3 Å². The molecule has 0 aliphatic heterocycles. The highest BCUT2D eigenvalue weighted by atomic mass is 32.2. The molecule has 0 spiro atoms. The van der Waals surface area contributed by atoms with Crippen LogP contribution in [0, 0.1) is 13.8 Å². The largest absolute Gasteiger partial charge is 0.281 e. The lowest BCUT2D eigenvalue weighted by molar-refractivity contribution is 0.600. The highest BCUT2D eigenvalue weighted by Crippen LogP contribution is 2.24. The van der Waals surface area contributed by atoms with Crippen LogP contribution in [0.2, 0.25) is 0 Å². The van der Waals surface area contributed by atoms with Crippen LogP contribution < -0.4 is 4.72 Å². The molecule has 0 unspecified atom stereocenters. The standard InChI is InChI=1S/C14H15N5O2S/c1-9-14(10(2)17-16-9)22(20,21)19-12-5-3-4-11(8-12)13-6-7-15-18-13/h3-8,19H,1-2H3,(H,15,18)(H,16,17). The summed E-state index contributed by atoms with van der Waals surface area (Å²) in [5, 5.41) is 13.3. The van der Waals surface area contributed by atoms with Crippen LogP contribution in [0.4, 0.5) is 5.69 Å². The molecule has 0 atom stereocenters. The Hall–Kier alpha value is -2.61. The van der Waals surface area contributed by atoms with Gasteiger partial charge in [-0.05, 0) is 32.0 Å². The Labute approximate surface area is 127 Å². The van der Waals surface area contributed by atoms with Gasteiger partial charge in [-0.2, -0.15) is 10.2 Å². The van der Waals surface area contributed by atoms with Crippen molar-refractivity contribution in [1.29, 1.82) is 0 Å². The molecule has 3 N–H and O–H groups in total. The third-order valence-corrected chi connectivity index (χ3v) is 4.90. The molecule has 1 aromatic carbocycles. The van der Waals surface area contributed by atoms with Crippen LogP contribution in [0.3, 0.4) is 0 Å². The van der Waals surface area contributed by atoms with Crippen LogP contribution in [-0.2, 0) is 10.0 Å². The number of nitrogens with one attached hydrogen (secondary N) is 3. The number of aromatic nitrogens is 4. The molecule has 0 saturated heterocycles. The first-order valence-corrected chi connectivity index (χ1v) is 8.10. The molecule has 3 aromatic rings. The van der Waals surface area contributed by atoms with E-state index in [2.05, 4.69) is 25.1 Å². The fourth-order valence-electron chi connectivity index (χ4n) is 2.31. The number of aryl methyl sites for hydroxylation is 2. The number of benzene rings is 1. The van der Waals surface area contributed by atoms with E-state index in [1.807, 2.05) is 12.1 Å². The van der Waals surface area contributed by atoms with Crippen molar-refractivity contribution in [3.63, 3.8) is 0 Å². The summed E-state index contributed by atoms with van der Waals surface area (Å²) in [7, 11) is -3.69. The van der Waals surface area contributed by atoms with Crippen LogP contribution in [0.25, 0.3) is 11.3 Å². The van der Waals surface area contributed by atoms with Crippen molar-refractivity contribution >= 4 is 15.7 Å².